The lowest BCUT2D eigenvalue weighted by molar-refractivity contribution is 0.0653. The van der Waals surface area contributed by atoms with E-state index in [4.69, 9.17) is 0 Å². The van der Waals surface area contributed by atoms with E-state index >= 15 is 0 Å². The second-order valence-electron chi connectivity index (χ2n) is 6.54. The van der Waals surface area contributed by atoms with Crippen molar-refractivity contribution in [2.75, 3.05) is 45.5 Å². The van der Waals surface area contributed by atoms with Crippen molar-refractivity contribution in [3.63, 3.8) is 0 Å². The summed E-state index contributed by atoms with van der Waals surface area (Å²) in [6.45, 7) is 1.77. The minimum atomic E-state index is -3.23. The zero-order valence-corrected chi connectivity index (χ0v) is 15.9. The quantitative estimate of drug-likeness (QED) is 0.557. The number of benzene rings is 1. The van der Waals surface area contributed by atoms with Gasteiger partial charge in [-0.3, -0.25) is 14.5 Å². The number of hydrogen-bond donors (Lipinski definition) is 1. The lowest BCUT2D eigenvalue weighted by Gasteiger charge is -2.33. The highest BCUT2D eigenvalue weighted by molar-refractivity contribution is 7.88. The highest BCUT2D eigenvalue weighted by Gasteiger charge is 2.34. The van der Waals surface area contributed by atoms with Gasteiger partial charge in [0.2, 0.25) is 10.0 Å². The first kappa shape index (κ1) is 19.3. The second-order valence-corrected chi connectivity index (χ2v) is 8.52. The number of amides is 4. The number of hydrogen-bond acceptors (Lipinski definition) is 5. The average molecular weight is 394 g/mol. The fraction of sp³-hybridized carbons (Fsp3) is 0.471. The lowest BCUT2D eigenvalue weighted by Crippen LogP contribution is -2.53. The van der Waals surface area contributed by atoms with Crippen LogP contribution in [0.3, 0.4) is 0 Å². The summed E-state index contributed by atoms with van der Waals surface area (Å²) in [7, 11) is -3.23. The van der Waals surface area contributed by atoms with E-state index < -0.39 is 10.0 Å². The molecule has 0 atom stereocenters. The topological polar surface area (TPSA) is 107 Å². The molecule has 1 fully saturated rings. The van der Waals surface area contributed by atoms with Gasteiger partial charge in [-0.1, -0.05) is 12.1 Å². The van der Waals surface area contributed by atoms with Crippen molar-refractivity contribution in [3.05, 3.63) is 35.4 Å². The van der Waals surface area contributed by atoms with Crippen molar-refractivity contribution in [2.24, 2.45) is 0 Å². The number of imide groups is 1. The second kappa shape index (κ2) is 7.65. The minimum Gasteiger partial charge on any atom is -0.338 e. The van der Waals surface area contributed by atoms with E-state index in [0.29, 0.717) is 37.2 Å². The number of carbonyl (C=O) groups is 3. The molecule has 2 aliphatic rings. The van der Waals surface area contributed by atoms with Crippen molar-refractivity contribution in [1.29, 1.82) is 0 Å². The summed E-state index contributed by atoms with van der Waals surface area (Å²) < 4.78 is 24.3. The van der Waals surface area contributed by atoms with Crippen molar-refractivity contribution in [2.45, 2.75) is 6.42 Å². The molecule has 1 N–H and O–H groups in total. The molecular weight excluding hydrogens is 372 g/mol. The van der Waals surface area contributed by atoms with Gasteiger partial charge in [0.1, 0.15) is 0 Å². The third-order valence-corrected chi connectivity index (χ3v) is 6.01. The van der Waals surface area contributed by atoms with Gasteiger partial charge in [0, 0.05) is 39.3 Å². The van der Waals surface area contributed by atoms with Crippen LogP contribution in [0.1, 0.15) is 27.1 Å². The number of piperazine rings is 1. The molecule has 0 radical (unpaired) electrons. The van der Waals surface area contributed by atoms with Gasteiger partial charge < -0.3 is 10.2 Å². The molecule has 0 spiro atoms. The standard InChI is InChI=1S/C17H22N4O5S/c1-27(25,26)20-11-9-19(10-12-20)17(24)18-7-4-8-21-15(22)13-5-2-3-6-14(13)16(21)23/h2-3,5-6H,4,7-12H2,1H3,(H,18,24). The number of carbonyl (C=O) groups excluding carboxylic acids is 3. The fourth-order valence-electron chi connectivity index (χ4n) is 3.21. The molecule has 146 valence electrons. The van der Waals surface area contributed by atoms with Gasteiger partial charge in [0.15, 0.2) is 0 Å². The summed E-state index contributed by atoms with van der Waals surface area (Å²) in [6, 6.07) is 6.43. The number of fused-ring (bicyclic) bond motifs is 1. The van der Waals surface area contributed by atoms with E-state index in [1.165, 1.54) is 9.21 Å². The summed E-state index contributed by atoms with van der Waals surface area (Å²) in [6.07, 6.45) is 1.60. The Morgan fingerprint density at radius 3 is 2.11 bits per heavy atom. The Labute approximate surface area is 158 Å². The summed E-state index contributed by atoms with van der Waals surface area (Å²) in [4.78, 5) is 39.4. The van der Waals surface area contributed by atoms with Crippen LogP contribution >= 0.6 is 0 Å². The number of nitrogens with one attached hydrogen (secondary N) is 1. The van der Waals surface area contributed by atoms with Gasteiger partial charge in [0.05, 0.1) is 17.4 Å². The molecule has 4 amide bonds. The summed E-state index contributed by atoms with van der Waals surface area (Å²) >= 11 is 0. The third-order valence-electron chi connectivity index (χ3n) is 4.71. The molecule has 1 aromatic carbocycles. The molecule has 3 rings (SSSR count). The van der Waals surface area contributed by atoms with Crippen LogP contribution in [0.5, 0.6) is 0 Å². The number of sulfonamides is 1. The van der Waals surface area contributed by atoms with E-state index in [1.54, 1.807) is 29.2 Å². The van der Waals surface area contributed by atoms with Gasteiger partial charge in [0.25, 0.3) is 11.8 Å². The first-order valence-corrected chi connectivity index (χ1v) is 10.6. The van der Waals surface area contributed by atoms with E-state index in [9.17, 15) is 22.8 Å². The van der Waals surface area contributed by atoms with Gasteiger partial charge in [-0.25, -0.2) is 13.2 Å². The average Bonchev–Trinajstić information content (AvgIpc) is 2.89. The van der Waals surface area contributed by atoms with Gasteiger partial charge in [-0.05, 0) is 18.6 Å². The largest absolute Gasteiger partial charge is 0.338 e. The van der Waals surface area contributed by atoms with Crippen LogP contribution in [0.2, 0.25) is 0 Å². The van der Waals surface area contributed by atoms with Crippen LogP contribution in [0.15, 0.2) is 24.3 Å². The molecule has 1 aromatic rings. The molecule has 9 nitrogen and oxygen atoms in total. The normalized spacial score (nSPS) is 18.0. The molecule has 0 saturated carbocycles. The highest BCUT2D eigenvalue weighted by Crippen LogP contribution is 2.22. The zero-order valence-electron chi connectivity index (χ0n) is 15.1. The number of urea groups is 1. The molecule has 1 saturated heterocycles. The van der Waals surface area contributed by atoms with E-state index in [-0.39, 0.29) is 37.5 Å². The summed E-state index contributed by atoms with van der Waals surface area (Å²) in [5, 5.41) is 2.75. The first-order chi connectivity index (χ1) is 12.8. The van der Waals surface area contributed by atoms with Crippen molar-refractivity contribution in [1.82, 2.24) is 19.4 Å². The SMILES string of the molecule is CS(=O)(=O)N1CCN(C(=O)NCCCN2C(=O)c3ccccc3C2=O)CC1. The highest BCUT2D eigenvalue weighted by atomic mass is 32.2. The monoisotopic (exact) mass is 394 g/mol. The molecule has 0 aliphatic carbocycles. The van der Waals surface area contributed by atoms with Crippen LogP contribution in [-0.2, 0) is 10.0 Å². The van der Waals surface area contributed by atoms with Gasteiger partial charge in [-0.2, -0.15) is 4.31 Å². The number of rotatable bonds is 5. The van der Waals surface area contributed by atoms with Crippen LogP contribution < -0.4 is 5.32 Å². The third kappa shape index (κ3) is 4.11. The molecule has 10 heteroatoms. The predicted molar refractivity (Wildman–Crippen MR) is 97.8 cm³/mol. The van der Waals surface area contributed by atoms with Gasteiger partial charge >= 0.3 is 6.03 Å². The van der Waals surface area contributed by atoms with E-state index in [0.717, 1.165) is 6.26 Å². The lowest BCUT2D eigenvalue weighted by atomic mass is 10.1. The van der Waals surface area contributed by atoms with E-state index in [1.807, 2.05) is 0 Å². The van der Waals surface area contributed by atoms with Crippen molar-refractivity contribution < 1.29 is 22.8 Å². The smallest absolute Gasteiger partial charge is 0.317 e. The van der Waals surface area contributed by atoms with Crippen molar-refractivity contribution in [3.8, 4) is 0 Å². The predicted octanol–water partition coefficient (Wildman–Crippen LogP) is -0.0405. The zero-order chi connectivity index (χ0) is 19.6. The molecule has 0 unspecified atom stereocenters. The Bertz CT molecular complexity index is 827. The molecular formula is C17H22N4O5S. The first-order valence-electron chi connectivity index (χ1n) is 8.72. The molecule has 0 bridgehead atoms. The Balaban J connectivity index is 1.42. The van der Waals surface area contributed by atoms with Crippen molar-refractivity contribution >= 4 is 27.9 Å². The van der Waals surface area contributed by atoms with Crippen LogP contribution in [0.4, 0.5) is 4.79 Å². The molecule has 27 heavy (non-hydrogen) atoms. The maximum Gasteiger partial charge on any atom is 0.317 e. The van der Waals surface area contributed by atoms with Crippen LogP contribution in [-0.4, -0.2) is 85.9 Å². The Hall–Kier alpha value is -2.46. The van der Waals surface area contributed by atoms with E-state index in [2.05, 4.69) is 5.32 Å². The minimum absolute atomic E-state index is 0.231. The molecule has 2 aliphatic heterocycles. The maximum atomic E-state index is 12.3. The fourth-order valence-corrected chi connectivity index (χ4v) is 4.04. The molecule has 2 heterocycles. The Morgan fingerprint density at radius 2 is 1.59 bits per heavy atom. The number of nitrogens with zero attached hydrogens (tertiary/aromatic N) is 3. The summed E-state index contributed by atoms with van der Waals surface area (Å²) in [5.74, 6) is -0.613. The summed E-state index contributed by atoms with van der Waals surface area (Å²) in [5.41, 5.74) is 0.825. The Morgan fingerprint density at radius 1 is 1.04 bits per heavy atom. The maximum absolute atomic E-state index is 12.3. The van der Waals surface area contributed by atoms with Crippen LogP contribution in [0, 0.1) is 0 Å². The Kier molecular flexibility index (Phi) is 5.47. The molecule has 0 aromatic heterocycles. The van der Waals surface area contributed by atoms with Crippen LogP contribution in [0.25, 0.3) is 0 Å². The van der Waals surface area contributed by atoms with Gasteiger partial charge in [-0.15, -0.1) is 0 Å².